The molecule has 0 fully saturated rings. The molecule has 0 saturated carbocycles. The normalized spacial score (nSPS) is 13.1. The van der Waals surface area contributed by atoms with Crippen molar-refractivity contribution in [3.8, 4) is 56.2 Å². The number of fused-ring (bicyclic) bond motifs is 9. The Hall–Kier alpha value is -6.38. The molecule has 0 radical (unpaired) electrons. The molecule has 0 spiro atoms. The van der Waals surface area contributed by atoms with Crippen molar-refractivity contribution < 1.29 is 0 Å². The molecule has 10 rings (SSSR count). The fourth-order valence-corrected chi connectivity index (χ4v) is 8.34. The van der Waals surface area contributed by atoms with E-state index < -0.39 is 0 Å². The first-order valence-corrected chi connectivity index (χ1v) is 17.7. The molecule has 2 heteroatoms. The van der Waals surface area contributed by atoms with Crippen molar-refractivity contribution in [3.05, 3.63) is 181 Å². The number of benzene rings is 8. The van der Waals surface area contributed by atoms with Gasteiger partial charge in [-0.2, -0.15) is 0 Å². The van der Waals surface area contributed by atoms with Gasteiger partial charge in [0.05, 0.1) is 11.4 Å². The Labute approximate surface area is 297 Å². The van der Waals surface area contributed by atoms with Crippen LogP contribution in [-0.2, 0) is 5.41 Å². The zero-order valence-corrected chi connectivity index (χ0v) is 28.6. The Kier molecular flexibility index (Phi) is 6.56. The van der Waals surface area contributed by atoms with Gasteiger partial charge in [0.1, 0.15) is 0 Å². The lowest BCUT2D eigenvalue weighted by molar-refractivity contribution is 0.660. The molecule has 1 heterocycles. The molecule has 2 nitrogen and oxygen atoms in total. The molecule has 0 atom stereocenters. The van der Waals surface area contributed by atoms with Gasteiger partial charge in [-0.05, 0) is 83.9 Å². The van der Waals surface area contributed by atoms with Gasteiger partial charge in [0, 0.05) is 22.1 Å². The van der Waals surface area contributed by atoms with Gasteiger partial charge < -0.3 is 0 Å². The molecule has 0 unspecified atom stereocenters. The molecular formula is C49H34N2. The van der Waals surface area contributed by atoms with Crippen molar-refractivity contribution in [1.29, 1.82) is 0 Å². The highest BCUT2D eigenvalue weighted by molar-refractivity contribution is 6.28. The van der Waals surface area contributed by atoms with E-state index in [1.165, 1.54) is 65.7 Å². The molecule has 240 valence electrons. The van der Waals surface area contributed by atoms with E-state index in [1.807, 2.05) is 24.3 Å². The van der Waals surface area contributed by atoms with E-state index in [-0.39, 0.29) is 5.41 Å². The quantitative estimate of drug-likeness (QED) is 0.177. The van der Waals surface area contributed by atoms with Crippen LogP contribution >= 0.6 is 0 Å². The van der Waals surface area contributed by atoms with Crippen LogP contribution in [0.15, 0.2) is 170 Å². The van der Waals surface area contributed by atoms with Crippen molar-refractivity contribution in [2.45, 2.75) is 19.3 Å². The minimum atomic E-state index is -0.0645. The van der Waals surface area contributed by atoms with Crippen LogP contribution in [0.1, 0.15) is 25.0 Å². The molecule has 1 aliphatic rings. The minimum Gasteiger partial charge on any atom is -0.228 e. The monoisotopic (exact) mass is 650 g/mol. The van der Waals surface area contributed by atoms with Crippen LogP contribution in [0, 0.1) is 0 Å². The number of hydrogen-bond acceptors (Lipinski definition) is 2. The summed E-state index contributed by atoms with van der Waals surface area (Å²) in [5, 5.41) is 7.51. The molecule has 0 saturated heterocycles. The SMILES string of the molecule is CC1(C)c2ccccc2-c2ccc(-c3cccc4c5ccccc5c5cc(-c6cc(-c7ccccc7)nc(-c7ccccc7)n6)ccc5c34)cc21. The van der Waals surface area contributed by atoms with E-state index in [2.05, 4.69) is 159 Å². The number of hydrogen-bond donors (Lipinski definition) is 0. The van der Waals surface area contributed by atoms with E-state index in [0.717, 1.165) is 33.9 Å². The van der Waals surface area contributed by atoms with E-state index >= 15 is 0 Å². The number of rotatable bonds is 4. The Balaban J connectivity index is 1.21. The summed E-state index contributed by atoms with van der Waals surface area (Å²) in [6, 6.07) is 61.2. The third kappa shape index (κ3) is 4.64. The van der Waals surface area contributed by atoms with Gasteiger partial charge in [-0.25, -0.2) is 9.97 Å². The molecule has 0 amide bonds. The fourth-order valence-electron chi connectivity index (χ4n) is 8.34. The minimum absolute atomic E-state index is 0.0645. The van der Waals surface area contributed by atoms with Gasteiger partial charge in [-0.1, -0.05) is 166 Å². The molecule has 8 aromatic carbocycles. The van der Waals surface area contributed by atoms with Crippen LogP contribution in [0.4, 0.5) is 0 Å². The van der Waals surface area contributed by atoms with Gasteiger partial charge in [0.2, 0.25) is 0 Å². The summed E-state index contributed by atoms with van der Waals surface area (Å²) >= 11 is 0. The van der Waals surface area contributed by atoms with E-state index in [0.29, 0.717) is 0 Å². The van der Waals surface area contributed by atoms with Crippen molar-refractivity contribution in [1.82, 2.24) is 9.97 Å². The third-order valence-electron chi connectivity index (χ3n) is 10.9. The van der Waals surface area contributed by atoms with Crippen molar-refractivity contribution in [3.63, 3.8) is 0 Å². The maximum Gasteiger partial charge on any atom is 0.160 e. The second kappa shape index (κ2) is 11.3. The average Bonchev–Trinajstić information content (AvgIpc) is 3.43. The topological polar surface area (TPSA) is 25.8 Å². The maximum absolute atomic E-state index is 5.17. The Morgan fingerprint density at radius 2 is 0.922 bits per heavy atom. The van der Waals surface area contributed by atoms with Crippen LogP contribution in [0.3, 0.4) is 0 Å². The highest BCUT2D eigenvalue weighted by Crippen LogP contribution is 2.50. The predicted molar refractivity (Wildman–Crippen MR) is 214 cm³/mol. The summed E-state index contributed by atoms with van der Waals surface area (Å²) in [7, 11) is 0. The van der Waals surface area contributed by atoms with Crippen molar-refractivity contribution in [2.75, 3.05) is 0 Å². The summed E-state index contributed by atoms with van der Waals surface area (Å²) in [5.74, 6) is 0.722. The van der Waals surface area contributed by atoms with Gasteiger partial charge in [-0.15, -0.1) is 0 Å². The van der Waals surface area contributed by atoms with E-state index in [4.69, 9.17) is 9.97 Å². The summed E-state index contributed by atoms with van der Waals surface area (Å²) in [4.78, 5) is 10.2. The smallest absolute Gasteiger partial charge is 0.160 e. The van der Waals surface area contributed by atoms with Crippen molar-refractivity contribution in [2.24, 2.45) is 0 Å². The highest BCUT2D eigenvalue weighted by Gasteiger charge is 2.35. The molecular weight excluding hydrogens is 617 g/mol. The predicted octanol–water partition coefficient (Wildman–Crippen LogP) is 12.9. The van der Waals surface area contributed by atoms with E-state index in [9.17, 15) is 0 Å². The second-order valence-electron chi connectivity index (χ2n) is 14.2. The van der Waals surface area contributed by atoms with Gasteiger partial charge in [-0.3, -0.25) is 0 Å². The summed E-state index contributed by atoms with van der Waals surface area (Å²) in [6.07, 6.45) is 0. The van der Waals surface area contributed by atoms with Gasteiger partial charge in [0.25, 0.3) is 0 Å². The van der Waals surface area contributed by atoms with Crippen LogP contribution < -0.4 is 0 Å². The summed E-state index contributed by atoms with van der Waals surface area (Å²) < 4.78 is 0. The van der Waals surface area contributed by atoms with Gasteiger partial charge in [0.15, 0.2) is 5.82 Å². The lowest BCUT2D eigenvalue weighted by atomic mass is 9.81. The fraction of sp³-hybridized carbons (Fsp3) is 0.0612. The summed E-state index contributed by atoms with van der Waals surface area (Å²) in [6.45, 7) is 4.71. The zero-order chi connectivity index (χ0) is 34.1. The van der Waals surface area contributed by atoms with Crippen LogP contribution in [0.2, 0.25) is 0 Å². The number of aromatic nitrogens is 2. The molecule has 0 N–H and O–H groups in total. The Morgan fingerprint density at radius 1 is 0.353 bits per heavy atom. The van der Waals surface area contributed by atoms with Gasteiger partial charge >= 0.3 is 0 Å². The molecule has 1 aliphatic carbocycles. The lowest BCUT2D eigenvalue weighted by Gasteiger charge is -2.22. The standard InChI is InChI=1S/C49H34N2/c1-49(2)43-23-12-11-20-38(43)39-26-24-33(29-44(39)49)35-21-13-22-40-36-18-9-10-19-37(36)42-28-34(25-27-41(42)47(35)40)46-30-45(31-14-5-3-6-15-31)50-48(51-46)32-16-7-4-8-17-32/h3-30H,1-2H3. The molecule has 1 aromatic heterocycles. The van der Waals surface area contributed by atoms with Crippen LogP contribution in [0.25, 0.3) is 88.5 Å². The molecule has 0 aliphatic heterocycles. The van der Waals surface area contributed by atoms with Crippen molar-refractivity contribution >= 4 is 32.3 Å². The molecule has 51 heavy (non-hydrogen) atoms. The Bertz CT molecular complexity index is 2760. The summed E-state index contributed by atoms with van der Waals surface area (Å²) in [5.41, 5.74) is 12.9. The highest BCUT2D eigenvalue weighted by atomic mass is 14.9. The number of nitrogens with zero attached hydrogens (tertiary/aromatic N) is 2. The first-order chi connectivity index (χ1) is 25.0. The first-order valence-electron chi connectivity index (χ1n) is 17.7. The van der Waals surface area contributed by atoms with Crippen LogP contribution in [-0.4, -0.2) is 9.97 Å². The van der Waals surface area contributed by atoms with E-state index in [1.54, 1.807) is 0 Å². The largest absolute Gasteiger partial charge is 0.228 e. The second-order valence-corrected chi connectivity index (χ2v) is 14.2. The maximum atomic E-state index is 5.17. The zero-order valence-electron chi connectivity index (χ0n) is 28.6. The third-order valence-corrected chi connectivity index (χ3v) is 10.9. The lowest BCUT2D eigenvalue weighted by Crippen LogP contribution is -2.14. The molecule has 9 aromatic rings. The molecule has 0 bridgehead atoms. The first kappa shape index (κ1) is 29.5. The van der Waals surface area contributed by atoms with Crippen LogP contribution in [0.5, 0.6) is 0 Å². The Morgan fingerprint density at radius 3 is 1.71 bits per heavy atom. The average molecular weight is 651 g/mol.